The summed E-state index contributed by atoms with van der Waals surface area (Å²) < 4.78 is 29.7. The molecule has 1 unspecified atom stereocenters. The molecule has 7 heteroatoms. The normalized spacial score (nSPS) is 16.6. The topological polar surface area (TPSA) is 95.6 Å². The van der Waals surface area contributed by atoms with E-state index < -0.39 is 20.8 Å². The zero-order valence-electron chi connectivity index (χ0n) is 4.80. The molecule has 0 aliphatic heterocycles. The zero-order valence-corrected chi connectivity index (χ0v) is 5.61. The van der Waals surface area contributed by atoms with Crippen molar-refractivity contribution >= 4 is 9.92 Å². The number of halogens is 1. The molecular weight excluding hydrogens is 159 g/mol. The van der Waals surface area contributed by atoms with Gasteiger partial charge in [-0.1, -0.05) is 0 Å². The average molecular weight is 164 g/mol. The van der Waals surface area contributed by atoms with Crippen LogP contribution in [0.2, 0.25) is 0 Å². The summed E-state index contributed by atoms with van der Waals surface area (Å²) >= 11 is 0. The molecule has 10 heavy (non-hydrogen) atoms. The van der Waals surface area contributed by atoms with Crippen LogP contribution in [0.3, 0.4) is 0 Å². The molecule has 0 aliphatic carbocycles. The summed E-state index contributed by atoms with van der Waals surface area (Å²) in [4.78, 5) is 0. The van der Waals surface area contributed by atoms with Gasteiger partial charge in [0.25, 0.3) is 0 Å². The van der Waals surface area contributed by atoms with Crippen LogP contribution in [0.5, 0.6) is 0 Å². The minimum Gasteiger partial charge on any atom is -0.265 e. The lowest BCUT2D eigenvalue weighted by Crippen LogP contribution is -2.12. The number of aromatic nitrogens is 2. The van der Waals surface area contributed by atoms with E-state index in [2.05, 4.69) is 5.10 Å². The number of nitrogens with one attached hydrogen (secondary N) is 2. The maximum atomic E-state index is 12.4. The third-order valence-electron chi connectivity index (χ3n) is 0.864. The van der Waals surface area contributed by atoms with Crippen LogP contribution in [0.25, 0.3) is 0 Å². The molecule has 0 spiro atoms. The fraction of sp³-hybridized carbons (Fsp3) is 0. The summed E-state index contributed by atoms with van der Waals surface area (Å²) in [5, 5.41) is 9.56. The Balaban J connectivity index is 3.32. The Morgan fingerprint density at radius 3 is 2.70 bits per heavy atom. The van der Waals surface area contributed by atoms with Crippen LogP contribution in [0.4, 0.5) is 4.39 Å². The van der Waals surface area contributed by atoms with Crippen molar-refractivity contribution in [1.29, 1.82) is 4.78 Å². The molecule has 1 aromatic heterocycles. The molecule has 5 nitrogen and oxygen atoms in total. The van der Waals surface area contributed by atoms with E-state index in [9.17, 15) is 8.60 Å². The second-order valence-electron chi connectivity index (χ2n) is 1.65. The van der Waals surface area contributed by atoms with Gasteiger partial charge in [-0.05, 0) is 0 Å². The number of nitrogens with zero attached hydrogens (tertiary/aromatic N) is 1. The number of hydrogen-bond donors (Lipinski definition) is 3. The predicted octanol–water partition coefficient (Wildman–Crippen LogP) is -0.172. The molecule has 1 heterocycles. The average Bonchev–Trinajstić information content (AvgIpc) is 2.11. The minimum absolute atomic E-state index is 0.465. The molecule has 0 aromatic carbocycles. The summed E-state index contributed by atoms with van der Waals surface area (Å²) in [7, 11) is -3.48. The first kappa shape index (κ1) is 7.16. The van der Waals surface area contributed by atoms with Crippen LogP contribution in [0.15, 0.2) is 11.2 Å². The van der Waals surface area contributed by atoms with Crippen molar-refractivity contribution in [3.05, 3.63) is 12.0 Å². The highest BCUT2D eigenvalue weighted by molar-refractivity contribution is 7.90. The van der Waals surface area contributed by atoms with Crippen molar-refractivity contribution in [2.75, 3.05) is 0 Å². The fourth-order valence-corrected chi connectivity index (χ4v) is 1.00. The van der Waals surface area contributed by atoms with E-state index in [0.717, 1.165) is 6.20 Å². The van der Waals surface area contributed by atoms with Crippen molar-refractivity contribution in [3.63, 3.8) is 0 Å². The maximum absolute atomic E-state index is 12.4. The Hall–Kier alpha value is -0.950. The number of rotatable bonds is 1. The summed E-state index contributed by atoms with van der Waals surface area (Å²) in [6, 6.07) is 0. The molecule has 1 rings (SSSR count). The van der Waals surface area contributed by atoms with Crippen molar-refractivity contribution in [2.45, 2.75) is 5.03 Å². The Kier molecular flexibility index (Phi) is 1.45. The van der Waals surface area contributed by atoms with Gasteiger partial charge in [0.05, 0.1) is 6.20 Å². The van der Waals surface area contributed by atoms with E-state index in [4.69, 9.17) is 9.92 Å². The van der Waals surface area contributed by atoms with Crippen LogP contribution < -0.4 is 5.14 Å². The van der Waals surface area contributed by atoms with Crippen LogP contribution in [0.1, 0.15) is 0 Å². The van der Waals surface area contributed by atoms with Gasteiger partial charge in [-0.2, -0.15) is 5.10 Å². The van der Waals surface area contributed by atoms with Gasteiger partial charge in [-0.15, -0.1) is 0 Å². The van der Waals surface area contributed by atoms with Gasteiger partial charge in [0, 0.05) is 0 Å². The van der Waals surface area contributed by atoms with Crippen LogP contribution in [-0.4, -0.2) is 14.4 Å². The monoisotopic (exact) mass is 164 g/mol. The number of H-pyrrole nitrogens is 1. The zero-order chi connectivity index (χ0) is 7.78. The number of hydrogen-bond acceptors (Lipinski definition) is 3. The third kappa shape index (κ3) is 1.14. The second-order valence-corrected chi connectivity index (χ2v) is 3.26. The quantitative estimate of drug-likeness (QED) is 0.537. The van der Waals surface area contributed by atoms with E-state index in [1.165, 1.54) is 0 Å². The smallest absolute Gasteiger partial charge is 0.181 e. The van der Waals surface area contributed by atoms with Gasteiger partial charge in [-0.3, -0.25) is 5.10 Å². The van der Waals surface area contributed by atoms with Gasteiger partial charge in [0.15, 0.2) is 20.8 Å². The van der Waals surface area contributed by atoms with Gasteiger partial charge < -0.3 is 0 Å². The summed E-state index contributed by atoms with van der Waals surface area (Å²) in [5.74, 6) is -0.845. The first-order chi connectivity index (χ1) is 4.52. The Labute approximate surface area is 56.5 Å². The molecule has 0 saturated carbocycles. The van der Waals surface area contributed by atoms with Crippen molar-refractivity contribution in [3.8, 4) is 0 Å². The number of nitrogens with two attached hydrogens (primary N) is 1. The lowest BCUT2D eigenvalue weighted by molar-refractivity contribution is 0.591. The maximum Gasteiger partial charge on any atom is 0.181 e. The lowest BCUT2D eigenvalue weighted by Gasteiger charge is -1.93. The molecule has 0 bridgehead atoms. The molecule has 0 aliphatic rings. The minimum atomic E-state index is -3.48. The first-order valence-corrected chi connectivity index (χ1v) is 3.89. The summed E-state index contributed by atoms with van der Waals surface area (Å²) in [5.41, 5.74) is 0. The van der Waals surface area contributed by atoms with Crippen LogP contribution >= 0.6 is 0 Å². The van der Waals surface area contributed by atoms with E-state index in [-0.39, 0.29) is 0 Å². The van der Waals surface area contributed by atoms with Crippen LogP contribution in [0, 0.1) is 10.6 Å². The molecule has 0 fully saturated rings. The summed E-state index contributed by atoms with van der Waals surface area (Å²) in [6.07, 6.45) is 0.816. The largest absolute Gasteiger partial charge is 0.265 e. The highest BCUT2D eigenvalue weighted by Crippen LogP contribution is 2.06. The van der Waals surface area contributed by atoms with E-state index in [1.807, 2.05) is 5.10 Å². The van der Waals surface area contributed by atoms with Crippen LogP contribution in [-0.2, 0) is 9.92 Å². The highest BCUT2D eigenvalue weighted by atomic mass is 32.2. The SMILES string of the molecule is N=S(N)(=O)c1[nH]ncc1F. The predicted molar refractivity (Wildman–Crippen MR) is 31.9 cm³/mol. The Morgan fingerprint density at radius 1 is 1.90 bits per heavy atom. The fourth-order valence-electron chi connectivity index (χ4n) is 0.472. The van der Waals surface area contributed by atoms with Gasteiger partial charge in [0.2, 0.25) is 0 Å². The molecule has 0 amide bonds. The highest BCUT2D eigenvalue weighted by Gasteiger charge is 2.11. The first-order valence-electron chi connectivity index (χ1n) is 2.27. The van der Waals surface area contributed by atoms with E-state index in [1.54, 1.807) is 0 Å². The molecule has 56 valence electrons. The Bertz CT molecular complexity index is 328. The lowest BCUT2D eigenvalue weighted by atomic mass is 10.7. The van der Waals surface area contributed by atoms with Crippen molar-refractivity contribution in [1.82, 2.24) is 10.2 Å². The third-order valence-corrected chi connectivity index (χ3v) is 1.76. The Morgan fingerprint density at radius 2 is 2.50 bits per heavy atom. The molecule has 4 N–H and O–H groups in total. The van der Waals surface area contributed by atoms with E-state index >= 15 is 0 Å². The molecular formula is C3H5FN4OS. The molecule has 0 radical (unpaired) electrons. The molecule has 0 saturated heterocycles. The van der Waals surface area contributed by atoms with Crippen molar-refractivity contribution in [2.24, 2.45) is 5.14 Å². The summed E-state index contributed by atoms with van der Waals surface area (Å²) in [6.45, 7) is 0. The number of aromatic amines is 1. The van der Waals surface area contributed by atoms with Crippen molar-refractivity contribution < 1.29 is 8.60 Å². The van der Waals surface area contributed by atoms with Gasteiger partial charge >= 0.3 is 0 Å². The standard InChI is InChI=1S/C3H5FN4OS/c4-2-1-7-8-3(2)10(5,6)9/h1H,(H,7,8)(H3,5,6,9). The second kappa shape index (κ2) is 2.03. The van der Waals surface area contributed by atoms with Gasteiger partial charge in [0.1, 0.15) is 0 Å². The molecule has 1 aromatic rings. The van der Waals surface area contributed by atoms with Gasteiger partial charge in [-0.25, -0.2) is 18.5 Å². The van der Waals surface area contributed by atoms with E-state index in [0.29, 0.717) is 0 Å². The molecule has 1 atom stereocenters.